The molecule has 3 nitrogen and oxygen atoms in total. The minimum Gasteiger partial charge on any atom is -0.373 e. The van der Waals surface area contributed by atoms with E-state index in [1.54, 1.807) is 0 Å². The maximum absolute atomic E-state index is 6.01. The predicted octanol–water partition coefficient (Wildman–Crippen LogP) is 1.64. The molecule has 0 unspecified atom stereocenters. The molecular weight excluding hydrogens is 224 g/mol. The lowest BCUT2D eigenvalue weighted by Crippen LogP contribution is -2.59. The van der Waals surface area contributed by atoms with E-state index >= 15 is 0 Å². The molecule has 3 heteroatoms. The van der Waals surface area contributed by atoms with Crippen LogP contribution in [-0.2, 0) is 11.3 Å². The Morgan fingerprint density at radius 3 is 2.44 bits per heavy atom. The first-order valence-corrected chi connectivity index (χ1v) is 7.02. The number of hydrogen-bond donors (Lipinski definition) is 1. The molecule has 0 saturated carbocycles. The second-order valence-corrected chi connectivity index (χ2v) is 5.34. The summed E-state index contributed by atoms with van der Waals surface area (Å²) < 4.78 is 6.01. The highest BCUT2D eigenvalue weighted by atomic mass is 16.5. The number of piperidine rings is 1. The molecule has 0 atom stereocenters. The zero-order valence-corrected chi connectivity index (χ0v) is 10.8. The van der Waals surface area contributed by atoms with Crippen molar-refractivity contribution in [2.24, 2.45) is 0 Å². The molecule has 2 saturated heterocycles. The Bertz CT molecular complexity index is 356. The van der Waals surface area contributed by atoms with Crippen LogP contribution >= 0.6 is 0 Å². The molecule has 18 heavy (non-hydrogen) atoms. The van der Waals surface area contributed by atoms with Gasteiger partial charge < -0.3 is 10.1 Å². The van der Waals surface area contributed by atoms with Gasteiger partial charge in [-0.3, -0.25) is 4.90 Å². The van der Waals surface area contributed by atoms with E-state index in [0.717, 1.165) is 12.6 Å². The zero-order chi connectivity index (χ0) is 12.2. The van der Waals surface area contributed by atoms with Crippen molar-refractivity contribution >= 4 is 0 Å². The Morgan fingerprint density at radius 1 is 1.11 bits per heavy atom. The monoisotopic (exact) mass is 246 g/mol. The van der Waals surface area contributed by atoms with Crippen LogP contribution in [0, 0.1) is 0 Å². The fraction of sp³-hybridized carbons (Fsp3) is 0.600. The molecule has 98 valence electrons. The van der Waals surface area contributed by atoms with Crippen LogP contribution in [0.5, 0.6) is 0 Å². The van der Waals surface area contributed by atoms with Crippen molar-refractivity contribution in [3.05, 3.63) is 35.9 Å². The molecule has 2 aliphatic rings. The number of ether oxygens (including phenoxy) is 1. The Balaban J connectivity index is 1.40. The highest BCUT2D eigenvalue weighted by Gasteiger charge is 2.28. The summed E-state index contributed by atoms with van der Waals surface area (Å²) in [5.74, 6) is 0. The lowest BCUT2D eigenvalue weighted by atomic mass is 10.0. The Morgan fingerprint density at radius 2 is 1.83 bits per heavy atom. The zero-order valence-electron chi connectivity index (χ0n) is 10.8. The van der Waals surface area contributed by atoms with Crippen molar-refractivity contribution in [1.82, 2.24) is 10.2 Å². The summed E-state index contributed by atoms with van der Waals surface area (Å²) in [6.07, 6.45) is 2.82. The van der Waals surface area contributed by atoms with Crippen LogP contribution in [0.1, 0.15) is 18.4 Å². The van der Waals surface area contributed by atoms with Crippen LogP contribution in [0.25, 0.3) is 0 Å². The third kappa shape index (κ3) is 2.91. The van der Waals surface area contributed by atoms with Crippen molar-refractivity contribution in [2.75, 3.05) is 26.2 Å². The summed E-state index contributed by atoms with van der Waals surface area (Å²) in [6.45, 7) is 5.51. The molecule has 0 aliphatic carbocycles. The fourth-order valence-electron chi connectivity index (χ4n) is 2.73. The van der Waals surface area contributed by atoms with E-state index in [1.807, 2.05) is 0 Å². The quantitative estimate of drug-likeness (QED) is 0.874. The van der Waals surface area contributed by atoms with Crippen LogP contribution < -0.4 is 5.32 Å². The molecule has 1 aromatic rings. The van der Waals surface area contributed by atoms with Gasteiger partial charge in [-0.05, 0) is 18.4 Å². The van der Waals surface area contributed by atoms with Gasteiger partial charge in [0.1, 0.15) is 0 Å². The first kappa shape index (κ1) is 12.2. The van der Waals surface area contributed by atoms with E-state index in [1.165, 1.54) is 44.6 Å². The van der Waals surface area contributed by atoms with E-state index in [-0.39, 0.29) is 0 Å². The summed E-state index contributed by atoms with van der Waals surface area (Å²) in [5, 5.41) is 3.34. The van der Waals surface area contributed by atoms with Gasteiger partial charge in [-0.2, -0.15) is 0 Å². The second-order valence-electron chi connectivity index (χ2n) is 5.34. The van der Waals surface area contributed by atoms with E-state index < -0.39 is 0 Å². The minimum absolute atomic E-state index is 0.453. The van der Waals surface area contributed by atoms with Gasteiger partial charge in [-0.25, -0.2) is 0 Å². The molecule has 0 spiro atoms. The predicted molar refractivity (Wildman–Crippen MR) is 72.5 cm³/mol. The molecule has 2 heterocycles. The van der Waals surface area contributed by atoms with Crippen LogP contribution in [0.15, 0.2) is 30.3 Å². The van der Waals surface area contributed by atoms with Gasteiger partial charge in [0.25, 0.3) is 0 Å². The summed E-state index contributed by atoms with van der Waals surface area (Å²) in [4.78, 5) is 2.61. The molecule has 0 bridgehead atoms. The Hall–Kier alpha value is -0.900. The number of benzene rings is 1. The summed E-state index contributed by atoms with van der Waals surface area (Å²) >= 11 is 0. The van der Waals surface area contributed by atoms with Crippen molar-refractivity contribution in [1.29, 1.82) is 0 Å². The molecule has 0 amide bonds. The SMILES string of the molecule is c1ccc(COC2CCN(C3CNC3)CC2)cc1. The second kappa shape index (κ2) is 5.83. The lowest BCUT2D eigenvalue weighted by molar-refractivity contribution is -0.0161. The Kier molecular flexibility index (Phi) is 3.93. The molecule has 0 aromatic heterocycles. The van der Waals surface area contributed by atoms with E-state index in [2.05, 4.69) is 40.5 Å². The average molecular weight is 246 g/mol. The van der Waals surface area contributed by atoms with Crippen LogP contribution in [0.3, 0.4) is 0 Å². The highest BCUT2D eigenvalue weighted by molar-refractivity contribution is 5.13. The smallest absolute Gasteiger partial charge is 0.0720 e. The van der Waals surface area contributed by atoms with Gasteiger partial charge in [0.05, 0.1) is 12.7 Å². The fourth-order valence-corrected chi connectivity index (χ4v) is 2.73. The van der Waals surface area contributed by atoms with Gasteiger partial charge in [0, 0.05) is 32.2 Å². The maximum Gasteiger partial charge on any atom is 0.0720 e. The Labute approximate surface area is 109 Å². The summed E-state index contributed by atoms with van der Waals surface area (Å²) in [7, 11) is 0. The number of likely N-dealkylation sites (tertiary alicyclic amines) is 1. The normalized spacial score (nSPS) is 22.9. The van der Waals surface area contributed by atoms with Crippen molar-refractivity contribution in [2.45, 2.75) is 31.6 Å². The van der Waals surface area contributed by atoms with Crippen molar-refractivity contribution in [3.8, 4) is 0 Å². The molecule has 1 N–H and O–H groups in total. The lowest BCUT2D eigenvalue weighted by Gasteiger charge is -2.42. The van der Waals surface area contributed by atoms with Gasteiger partial charge >= 0.3 is 0 Å². The topological polar surface area (TPSA) is 24.5 Å². The molecule has 2 aliphatic heterocycles. The van der Waals surface area contributed by atoms with Crippen LogP contribution in [0.4, 0.5) is 0 Å². The van der Waals surface area contributed by atoms with Gasteiger partial charge in [-0.1, -0.05) is 30.3 Å². The van der Waals surface area contributed by atoms with Gasteiger partial charge in [0.15, 0.2) is 0 Å². The number of nitrogens with zero attached hydrogens (tertiary/aromatic N) is 1. The largest absolute Gasteiger partial charge is 0.373 e. The standard InChI is InChI=1S/C15H22N2O/c1-2-4-13(5-3-1)12-18-15-6-8-17(9-7-15)14-10-16-11-14/h1-5,14-16H,6-12H2. The maximum atomic E-state index is 6.01. The molecule has 3 rings (SSSR count). The van der Waals surface area contributed by atoms with Crippen molar-refractivity contribution in [3.63, 3.8) is 0 Å². The van der Waals surface area contributed by atoms with Crippen molar-refractivity contribution < 1.29 is 4.74 Å². The van der Waals surface area contributed by atoms with E-state index in [4.69, 9.17) is 4.74 Å². The average Bonchev–Trinajstić information content (AvgIpc) is 2.37. The molecule has 1 aromatic carbocycles. The number of rotatable bonds is 4. The van der Waals surface area contributed by atoms with Crippen LogP contribution in [-0.4, -0.2) is 43.2 Å². The summed E-state index contributed by atoms with van der Waals surface area (Å²) in [5.41, 5.74) is 1.28. The van der Waals surface area contributed by atoms with Gasteiger partial charge in [-0.15, -0.1) is 0 Å². The summed E-state index contributed by atoms with van der Waals surface area (Å²) in [6, 6.07) is 11.3. The molecule has 2 fully saturated rings. The molecule has 0 radical (unpaired) electrons. The minimum atomic E-state index is 0.453. The third-order valence-electron chi connectivity index (χ3n) is 4.08. The van der Waals surface area contributed by atoms with Gasteiger partial charge in [0.2, 0.25) is 0 Å². The first-order chi connectivity index (χ1) is 8.92. The van der Waals surface area contributed by atoms with Crippen LogP contribution in [0.2, 0.25) is 0 Å². The van der Waals surface area contributed by atoms with E-state index in [0.29, 0.717) is 6.10 Å². The number of hydrogen-bond acceptors (Lipinski definition) is 3. The first-order valence-electron chi connectivity index (χ1n) is 7.02. The van der Waals surface area contributed by atoms with E-state index in [9.17, 15) is 0 Å². The number of nitrogens with one attached hydrogen (secondary N) is 1. The highest BCUT2D eigenvalue weighted by Crippen LogP contribution is 2.18. The third-order valence-corrected chi connectivity index (χ3v) is 4.08. The molecular formula is C15H22N2O.